The summed E-state index contributed by atoms with van der Waals surface area (Å²) in [4.78, 5) is 9.26. The first-order valence-corrected chi connectivity index (χ1v) is 18.0. The number of hydrogen-bond donors (Lipinski definition) is 0. The Morgan fingerprint density at radius 2 is 1.43 bits per heavy atom. The summed E-state index contributed by atoms with van der Waals surface area (Å²) in [5, 5.41) is 7.76. The van der Waals surface area contributed by atoms with Gasteiger partial charge in [0.15, 0.2) is 0 Å². The molecule has 245 valence electrons. The fourth-order valence-electron chi connectivity index (χ4n) is 7.15. The van der Waals surface area contributed by atoms with Gasteiger partial charge in [0.05, 0.1) is 0 Å². The predicted octanol–water partition coefficient (Wildman–Crippen LogP) is 12.9. The standard InChI is InChI=1S/C31H24NS.C14H14N.Ir/c1-2-7-20(8-3-1)23-13-14-28(32-19-23)26-11-6-12-29-31(26)27-17-24-15-21-9-4-5-10-22(21)16-25(24)18-30(27)33-29;1-11(2)12-6-5-7-13(10-12)14-8-3-4-9-15-14;/h4-6,9-10,12-20H,1-3,7-8H2;3-6,8-11H,1-2H3;/q2*-1;. The van der Waals surface area contributed by atoms with Gasteiger partial charge in [-0.25, -0.2) is 0 Å². The van der Waals surface area contributed by atoms with Crippen LogP contribution in [0.4, 0.5) is 0 Å². The largest absolute Gasteiger partial charge is 0.305 e. The molecule has 0 bridgehead atoms. The molecule has 1 aliphatic carbocycles. The van der Waals surface area contributed by atoms with E-state index in [-0.39, 0.29) is 20.1 Å². The van der Waals surface area contributed by atoms with Gasteiger partial charge < -0.3 is 9.97 Å². The number of nitrogens with zero attached hydrogens (tertiary/aromatic N) is 2. The van der Waals surface area contributed by atoms with E-state index in [4.69, 9.17) is 4.98 Å². The monoisotopic (exact) mass is 831 g/mol. The minimum atomic E-state index is 0. The molecule has 9 rings (SSSR count). The molecule has 1 radical (unpaired) electrons. The van der Waals surface area contributed by atoms with Gasteiger partial charge in [-0.2, -0.15) is 11.3 Å². The van der Waals surface area contributed by atoms with Crippen LogP contribution in [0.5, 0.6) is 0 Å². The van der Waals surface area contributed by atoms with E-state index < -0.39 is 0 Å². The van der Waals surface area contributed by atoms with Crippen LogP contribution < -0.4 is 0 Å². The van der Waals surface area contributed by atoms with Crippen molar-refractivity contribution in [2.45, 2.75) is 57.8 Å². The zero-order valence-electron chi connectivity index (χ0n) is 27.9. The molecular formula is C45H38IrN2S-2. The van der Waals surface area contributed by atoms with E-state index in [0.717, 1.165) is 22.5 Å². The molecule has 3 aromatic heterocycles. The van der Waals surface area contributed by atoms with E-state index in [1.165, 1.54) is 84.9 Å². The second-order valence-electron chi connectivity index (χ2n) is 13.3. The molecule has 0 spiro atoms. The molecule has 3 heterocycles. The summed E-state index contributed by atoms with van der Waals surface area (Å²) in [6, 6.07) is 45.7. The number of rotatable bonds is 4. The Labute approximate surface area is 306 Å². The Kier molecular flexibility index (Phi) is 10.0. The van der Waals surface area contributed by atoms with Crippen LogP contribution >= 0.6 is 11.3 Å². The summed E-state index contributed by atoms with van der Waals surface area (Å²) >= 11 is 1.87. The topological polar surface area (TPSA) is 25.8 Å². The number of pyridine rings is 2. The maximum absolute atomic E-state index is 4.94. The molecule has 0 unspecified atom stereocenters. The molecule has 0 amide bonds. The minimum absolute atomic E-state index is 0. The third kappa shape index (κ3) is 6.96. The number of fused-ring (bicyclic) bond motifs is 5. The zero-order valence-corrected chi connectivity index (χ0v) is 31.1. The number of thiophene rings is 1. The first-order valence-electron chi connectivity index (χ1n) is 17.2. The van der Waals surface area contributed by atoms with Crippen molar-refractivity contribution in [2.24, 2.45) is 0 Å². The zero-order chi connectivity index (χ0) is 32.5. The molecule has 1 aliphatic rings. The summed E-state index contributed by atoms with van der Waals surface area (Å²) in [6.45, 7) is 4.38. The summed E-state index contributed by atoms with van der Waals surface area (Å²) in [5.41, 5.74) is 6.93. The van der Waals surface area contributed by atoms with Crippen LogP contribution in [0.1, 0.15) is 68.9 Å². The average Bonchev–Trinajstić information content (AvgIpc) is 3.51. The van der Waals surface area contributed by atoms with Crippen molar-refractivity contribution in [1.29, 1.82) is 0 Å². The maximum Gasteiger partial charge on any atom is 0.0252 e. The second kappa shape index (κ2) is 14.7. The molecule has 4 heteroatoms. The van der Waals surface area contributed by atoms with Gasteiger partial charge in [0, 0.05) is 37.2 Å². The van der Waals surface area contributed by atoms with Crippen molar-refractivity contribution in [2.75, 3.05) is 0 Å². The number of aromatic nitrogens is 2. The molecule has 5 aromatic carbocycles. The molecule has 0 N–H and O–H groups in total. The van der Waals surface area contributed by atoms with Crippen LogP contribution in [-0.4, -0.2) is 9.97 Å². The number of benzene rings is 5. The second-order valence-corrected chi connectivity index (χ2v) is 14.4. The maximum atomic E-state index is 4.94. The van der Waals surface area contributed by atoms with Crippen LogP contribution in [0.2, 0.25) is 0 Å². The molecule has 2 nitrogen and oxygen atoms in total. The van der Waals surface area contributed by atoms with Gasteiger partial charge in [0.25, 0.3) is 0 Å². The minimum Gasteiger partial charge on any atom is -0.305 e. The summed E-state index contributed by atoms with van der Waals surface area (Å²) in [6.07, 6.45) is 10.6. The quantitative estimate of drug-likeness (QED) is 0.130. The van der Waals surface area contributed by atoms with E-state index in [9.17, 15) is 0 Å². The van der Waals surface area contributed by atoms with E-state index in [1.54, 1.807) is 0 Å². The Bertz CT molecular complexity index is 2350. The molecule has 1 fully saturated rings. The third-order valence-corrected chi connectivity index (χ3v) is 10.9. The first-order chi connectivity index (χ1) is 23.6. The van der Waals surface area contributed by atoms with Gasteiger partial charge in [0.1, 0.15) is 0 Å². The van der Waals surface area contributed by atoms with Crippen molar-refractivity contribution >= 4 is 53.1 Å². The van der Waals surface area contributed by atoms with Crippen molar-refractivity contribution < 1.29 is 20.1 Å². The molecule has 0 atom stereocenters. The average molecular weight is 831 g/mol. The Morgan fingerprint density at radius 3 is 2.14 bits per heavy atom. The fraction of sp³-hybridized carbons (Fsp3) is 0.200. The molecule has 0 saturated heterocycles. The van der Waals surface area contributed by atoms with Gasteiger partial charge in [-0.15, -0.1) is 59.2 Å². The van der Waals surface area contributed by atoms with E-state index in [1.807, 2.05) is 41.8 Å². The van der Waals surface area contributed by atoms with Gasteiger partial charge in [-0.1, -0.05) is 93.1 Å². The molecule has 1 saturated carbocycles. The van der Waals surface area contributed by atoms with E-state index >= 15 is 0 Å². The van der Waals surface area contributed by atoms with Crippen molar-refractivity contribution in [1.82, 2.24) is 9.97 Å². The third-order valence-electron chi connectivity index (χ3n) is 9.80. The predicted molar refractivity (Wildman–Crippen MR) is 205 cm³/mol. The Morgan fingerprint density at radius 1 is 0.673 bits per heavy atom. The summed E-state index contributed by atoms with van der Waals surface area (Å²) < 4.78 is 2.63. The normalized spacial score (nSPS) is 13.4. The fourth-order valence-corrected chi connectivity index (χ4v) is 8.29. The molecular weight excluding hydrogens is 793 g/mol. The first kappa shape index (κ1) is 33.3. The van der Waals surface area contributed by atoms with Crippen LogP contribution in [0.15, 0.2) is 122 Å². The number of hydrogen-bond acceptors (Lipinski definition) is 3. The van der Waals surface area contributed by atoms with E-state index in [2.05, 4.69) is 122 Å². The summed E-state index contributed by atoms with van der Waals surface area (Å²) in [7, 11) is 0. The van der Waals surface area contributed by atoms with Gasteiger partial charge in [-0.05, 0) is 97.5 Å². The smallest absolute Gasteiger partial charge is 0.0252 e. The van der Waals surface area contributed by atoms with Crippen molar-refractivity contribution in [3.63, 3.8) is 0 Å². The SMILES string of the molecule is CC(C)c1cc[c-]c(-c2ccccn2)c1.[Ir].[c-]1ccc2sc3cc4cc5ccccc5cc4cc3c2c1-c1ccc(C2CCCCC2)cn1. The van der Waals surface area contributed by atoms with E-state index in [0.29, 0.717) is 11.8 Å². The van der Waals surface area contributed by atoms with Crippen LogP contribution in [0.25, 0.3) is 64.2 Å². The van der Waals surface area contributed by atoms with Gasteiger partial charge in [-0.3, -0.25) is 0 Å². The molecule has 49 heavy (non-hydrogen) atoms. The van der Waals surface area contributed by atoms with Crippen LogP contribution in [0, 0.1) is 12.1 Å². The van der Waals surface area contributed by atoms with Crippen LogP contribution in [0.3, 0.4) is 0 Å². The Hall–Kier alpha value is -4.21. The van der Waals surface area contributed by atoms with Crippen molar-refractivity contribution in [3.05, 3.63) is 145 Å². The van der Waals surface area contributed by atoms with Crippen molar-refractivity contribution in [3.8, 4) is 22.5 Å². The van der Waals surface area contributed by atoms with Crippen LogP contribution in [-0.2, 0) is 20.1 Å². The summed E-state index contributed by atoms with van der Waals surface area (Å²) in [5.74, 6) is 1.23. The molecule has 8 aromatic rings. The van der Waals surface area contributed by atoms with Gasteiger partial charge in [0.2, 0.25) is 0 Å². The van der Waals surface area contributed by atoms with Gasteiger partial charge >= 0.3 is 0 Å². The Balaban J connectivity index is 0.000000200. The molecule has 0 aliphatic heterocycles.